The molecule has 0 radical (unpaired) electrons. The van der Waals surface area contributed by atoms with Crippen LogP contribution in [-0.2, 0) is 20.7 Å². The van der Waals surface area contributed by atoms with Gasteiger partial charge in [0.2, 0.25) is 5.91 Å². The summed E-state index contributed by atoms with van der Waals surface area (Å²) in [4.78, 5) is 43.9. The van der Waals surface area contributed by atoms with Gasteiger partial charge in [-0.1, -0.05) is 48.5 Å². The first-order valence-electron chi connectivity index (χ1n) is 11.6. The molecular formula is C26H26N4O5. The van der Waals surface area contributed by atoms with E-state index in [9.17, 15) is 19.5 Å². The number of nitrogens with one attached hydrogen (secondary N) is 3. The van der Waals surface area contributed by atoms with Crippen LogP contribution in [0.2, 0.25) is 0 Å². The molecule has 4 N–H and O–H groups in total. The zero-order valence-corrected chi connectivity index (χ0v) is 19.0. The van der Waals surface area contributed by atoms with Gasteiger partial charge in [-0.2, -0.15) is 0 Å². The van der Waals surface area contributed by atoms with Gasteiger partial charge in [-0.15, -0.1) is 0 Å². The number of amides is 2. The molecule has 2 aromatic carbocycles. The van der Waals surface area contributed by atoms with Gasteiger partial charge in [0.15, 0.2) is 0 Å². The number of carbonyl (C=O) groups is 3. The molecule has 2 aliphatic carbocycles. The van der Waals surface area contributed by atoms with Crippen LogP contribution in [0.4, 0.5) is 4.79 Å². The van der Waals surface area contributed by atoms with Crippen molar-refractivity contribution in [2.24, 2.45) is 5.41 Å². The number of aromatic nitrogens is 2. The number of fused-ring (bicyclic) bond motifs is 3. The summed E-state index contributed by atoms with van der Waals surface area (Å²) in [6.07, 6.45) is 3.55. The van der Waals surface area contributed by atoms with Crippen molar-refractivity contribution < 1.29 is 24.2 Å². The van der Waals surface area contributed by atoms with Crippen molar-refractivity contribution in [1.82, 2.24) is 20.6 Å². The predicted molar refractivity (Wildman–Crippen MR) is 127 cm³/mol. The summed E-state index contributed by atoms with van der Waals surface area (Å²) in [5.74, 6) is -1.49. The molecule has 0 saturated heterocycles. The van der Waals surface area contributed by atoms with E-state index in [0.717, 1.165) is 22.3 Å². The molecule has 1 fully saturated rings. The number of carboxylic acids is 1. The average molecular weight is 475 g/mol. The van der Waals surface area contributed by atoms with Crippen molar-refractivity contribution in [1.29, 1.82) is 0 Å². The minimum Gasteiger partial charge on any atom is -0.481 e. The van der Waals surface area contributed by atoms with Crippen LogP contribution in [0.3, 0.4) is 0 Å². The number of rotatable bonds is 9. The quantitative estimate of drug-likeness (QED) is 0.377. The Labute approximate surface area is 201 Å². The lowest BCUT2D eigenvalue weighted by molar-refractivity contribution is -0.143. The normalized spacial score (nSPS) is 16.0. The van der Waals surface area contributed by atoms with E-state index in [0.29, 0.717) is 18.5 Å². The first kappa shape index (κ1) is 22.6. The van der Waals surface area contributed by atoms with Crippen molar-refractivity contribution in [2.75, 3.05) is 13.2 Å². The Bertz CT molecular complexity index is 1210. The Morgan fingerprint density at radius 3 is 2.31 bits per heavy atom. The van der Waals surface area contributed by atoms with Gasteiger partial charge in [0, 0.05) is 30.8 Å². The molecule has 2 amide bonds. The van der Waals surface area contributed by atoms with Gasteiger partial charge in [-0.05, 0) is 35.1 Å². The number of imidazole rings is 1. The summed E-state index contributed by atoms with van der Waals surface area (Å²) in [6, 6.07) is 15.1. The molecule has 1 unspecified atom stereocenters. The summed E-state index contributed by atoms with van der Waals surface area (Å²) >= 11 is 0. The number of aliphatic carboxylic acids is 1. The maximum absolute atomic E-state index is 12.9. The van der Waals surface area contributed by atoms with Crippen molar-refractivity contribution in [2.45, 2.75) is 31.2 Å². The molecule has 35 heavy (non-hydrogen) atoms. The molecule has 9 heteroatoms. The molecule has 180 valence electrons. The number of aromatic amines is 1. The number of benzene rings is 2. The SMILES string of the molecule is O=C(NC(Cc1cnc[nH]1)C(=O)NCC1(C(=O)O)CC1)OCC1c2ccccc2-c2ccccc21. The summed E-state index contributed by atoms with van der Waals surface area (Å²) in [5.41, 5.74) is 4.19. The topological polar surface area (TPSA) is 133 Å². The van der Waals surface area contributed by atoms with Crippen LogP contribution >= 0.6 is 0 Å². The van der Waals surface area contributed by atoms with E-state index in [2.05, 4.69) is 32.7 Å². The second kappa shape index (κ2) is 9.25. The molecule has 1 atom stereocenters. The third kappa shape index (κ3) is 4.62. The lowest BCUT2D eigenvalue weighted by Crippen LogP contribution is -2.50. The molecule has 3 aromatic rings. The molecule has 1 heterocycles. The second-order valence-corrected chi connectivity index (χ2v) is 9.11. The zero-order valence-electron chi connectivity index (χ0n) is 19.0. The maximum Gasteiger partial charge on any atom is 0.407 e. The van der Waals surface area contributed by atoms with Crippen LogP contribution in [0.1, 0.15) is 35.6 Å². The molecule has 1 aromatic heterocycles. The summed E-state index contributed by atoms with van der Waals surface area (Å²) in [7, 11) is 0. The van der Waals surface area contributed by atoms with Gasteiger partial charge in [0.05, 0.1) is 11.7 Å². The van der Waals surface area contributed by atoms with E-state index in [4.69, 9.17) is 4.74 Å². The highest BCUT2D eigenvalue weighted by molar-refractivity contribution is 5.87. The van der Waals surface area contributed by atoms with Crippen LogP contribution in [0.15, 0.2) is 61.1 Å². The van der Waals surface area contributed by atoms with Crippen molar-refractivity contribution in [3.63, 3.8) is 0 Å². The first-order valence-corrected chi connectivity index (χ1v) is 11.6. The van der Waals surface area contributed by atoms with Gasteiger partial charge in [0.1, 0.15) is 12.6 Å². The number of hydrogen-bond acceptors (Lipinski definition) is 5. The number of alkyl carbamates (subject to hydrolysis) is 1. The van der Waals surface area contributed by atoms with Crippen LogP contribution in [0.25, 0.3) is 11.1 Å². The van der Waals surface area contributed by atoms with Crippen LogP contribution in [0.5, 0.6) is 0 Å². The van der Waals surface area contributed by atoms with Crippen LogP contribution in [-0.4, -0.2) is 52.2 Å². The number of hydrogen-bond donors (Lipinski definition) is 4. The van der Waals surface area contributed by atoms with Crippen LogP contribution < -0.4 is 10.6 Å². The minimum atomic E-state index is -0.948. The lowest BCUT2D eigenvalue weighted by atomic mass is 9.98. The standard InChI is InChI=1S/C26H26N4O5/c31-23(28-14-26(9-10-26)24(32)33)22(11-16-12-27-15-29-16)30-25(34)35-13-21-19-7-3-1-5-17(19)18-6-2-4-8-20(18)21/h1-8,12,15,21-22H,9-11,13-14H2,(H,27,29)(H,28,31)(H,30,34)(H,32,33). The predicted octanol–water partition coefficient (Wildman–Crippen LogP) is 2.84. The monoisotopic (exact) mass is 474 g/mol. The van der Waals surface area contributed by atoms with E-state index < -0.39 is 29.4 Å². The fourth-order valence-corrected chi connectivity index (χ4v) is 4.60. The van der Waals surface area contributed by atoms with Gasteiger partial charge in [0.25, 0.3) is 0 Å². The van der Waals surface area contributed by atoms with E-state index in [1.165, 1.54) is 6.33 Å². The van der Waals surface area contributed by atoms with E-state index in [-0.39, 0.29) is 25.5 Å². The minimum absolute atomic E-state index is 0.0208. The highest BCUT2D eigenvalue weighted by Gasteiger charge is 2.50. The van der Waals surface area contributed by atoms with Crippen molar-refractivity contribution in [3.05, 3.63) is 77.9 Å². The fraction of sp³-hybridized carbons (Fsp3) is 0.308. The number of ether oxygens (including phenoxy) is 1. The molecule has 0 bridgehead atoms. The number of carbonyl (C=O) groups excluding carboxylic acids is 2. The Hall–Kier alpha value is -4.14. The Morgan fingerprint density at radius 1 is 1.09 bits per heavy atom. The average Bonchev–Trinajstić information content (AvgIpc) is 3.37. The maximum atomic E-state index is 12.9. The zero-order chi connectivity index (χ0) is 24.4. The molecule has 9 nitrogen and oxygen atoms in total. The van der Waals surface area contributed by atoms with Crippen LogP contribution in [0, 0.1) is 5.41 Å². The molecular weight excluding hydrogens is 448 g/mol. The molecule has 0 aliphatic heterocycles. The Balaban J connectivity index is 1.24. The third-order valence-corrected chi connectivity index (χ3v) is 6.84. The molecule has 0 spiro atoms. The van der Waals surface area contributed by atoms with Gasteiger partial charge >= 0.3 is 12.1 Å². The number of carboxylic acid groups (broad SMARTS) is 1. The summed E-state index contributed by atoms with van der Waals surface area (Å²) in [6.45, 7) is 0.146. The smallest absolute Gasteiger partial charge is 0.407 e. The van der Waals surface area contributed by atoms with E-state index in [1.54, 1.807) is 6.20 Å². The third-order valence-electron chi connectivity index (χ3n) is 6.84. The number of nitrogens with zero attached hydrogens (tertiary/aromatic N) is 1. The molecule has 5 rings (SSSR count). The van der Waals surface area contributed by atoms with Crippen molar-refractivity contribution >= 4 is 18.0 Å². The van der Waals surface area contributed by atoms with Gasteiger partial charge in [-0.3, -0.25) is 9.59 Å². The summed E-state index contributed by atoms with van der Waals surface area (Å²) < 4.78 is 5.59. The Kier molecular flexibility index (Phi) is 5.98. The number of H-pyrrole nitrogens is 1. The largest absolute Gasteiger partial charge is 0.481 e. The highest BCUT2D eigenvalue weighted by Crippen LogP contribution is 2.45. The van der Waals surface area contributed by atoms with Gasteiger partial charge in [-0.25, -0.2) is 9.78 Å². The Morgan fingerprint density at radius 2 is 1.74 bits per heavy atom. The van der Waals surface area contributed by atoms with E-state index in [1.807, 2.05) is 36.4 Å². The lowest BCUT2D eigenvalue weighted by Gasteiger charge is -2.20. The molecule has 2 aliphatic rings. The second-order valence-electron chi connectivity index (χ2n) is 9.11. The summed E-state index contributed by atoms with van der Waals surface area (Å²) in [5, 5.41) is 14.7. The highest BCUT2D eigenvalue weighted by atomic mass is 16.5. The first-order chi connectivity index (χ1) is 17.0. The van der Waals surface area contributed by atoms with Crippen molar-refractivity contribution in [3.8, 4) is 11.1 Å². The molecule has 1 saturated carbocycles. The fourth-order valence-electron chi connectivity index (χ4n) is 4.60. The van der Waals surface area contributed by atoms with Gasteiger partial charge < -0.3 is 25.5 Å². The van der Waals surface area contributed by atoms with E-state index >= 15 is 0 Å².